The molecule has 1 amide bonds. The average molecular weight is 256 g/mol. The number of H-pyrrole nitrogens is 1. The van der Waals surface area contributed by atoms with Gasteiger partial charge in [-0.05, 0) is 24.8 Å². The van der Waals surface area contributed by atoms with Crippen LogP contribution in [-0.2, 0) is 0 Å². The number of carbonyl (C=O) groups excluding carboxylic acids is 1. The fourth-order valence-electron chi connectivity index (χ4n) is 1.23. The summed E-state index contributed by atoms with van der Waals surface area (Å²) < 4.78 is 0. The van der Waals surface area contributed by atoms with Gasteiger partial charge >= 0.3 is 0 Å². The lowest BCUT2D eigenvalue weighted by molar-refractivity contribution is 0.103. The quantitative estimate of drug-likeness (QED) is 0.867. The molecule has 0 radical (unpaired) electrons. The average Bonchev–Trinajstić information content (AvgIpc) is 2.77. The molecule has 0 spiro atoms. The van der Waals surface area contributed by atoms with Crippen LogP contribution in [0.25, 0.3) is 0 Å². The van der Waals surface area contributed by atoms with E-state index >= 15 is 0 Å². The topological polar surface area (TPSA) is 57.8 Å². The zero-order chi connectivity index (χ0) is 11.7. The number of anilines is 1. The van der Waals surface area contributed by atoms with E-state index in [1.165, 1.54) is 11.3 Å². The molecule has 0 bridgehead atoms. The Morgan fingerprint density at radius 3 is 2.75 bits per heavy atom. The van der Waals surface area contributed by atoms with E-state index in [1.54, 1.807) is 6.20 Å². The third-order valence-corrected chi connectivity index (χ3v) is 3.87. The van der Waals surface area contributed by atoms with Crippen molar-refractivity contribution in [3.05, 3.63) is 32.6 Å². The third kappa shape index (κ3) is 1.96. The monoisotopic (exact) mass is 255 g/mol. The van der Waals surface area contributed by atoms with Crippen molar-refractivity contribution in [2.45, 2.75) is 13.8 Å². The first-order valence-electron chi connectivity index (χ1n) is 4.64. The van der Waals surface area contributed by atoms with Gasteiger partial charge in [-0.25, -0.2) is 0 Å². The number of aryl methyl sites for hydroxylation is 2. The first-order valence-corrected chi connectivity index (χ1v) is 5.90. The molecule has 0 aliphatic rings. The molecule has 2 aromatic heterocycles. The highest BCUT2D eigenvalue weighted by Crippen LogP contribution is 2.27. The summed E-state index contributed by atoms with van der Waals surface area (Å²) in [7, 11) is 0. The number of nitrogens with zero attached hydrogens (tertiary/aromatic N) is 1. The lowest BCUT2D eigenvalue weighted by Crippen LogP contribution is -2.11. The molecule has 0 saturated carbocycles. The first-order chi connectivity index (χ1) is 7.59. The van der Waals surface area contributed by atoms with E-state index in [1.807, 2.05) is 19.2 Å². The number of amides is 1. The van der Waals surface area contributed by atoms with Crippen LogP contribution in [-0.4, -0.2) is 16.1 Å². The summed E-state index contributed by atoms with van der Waals surface area (Å²) in [5.74, 6) is 0.391. The van der Waals surface area contributed by atoms with Gasteiger partial charge in [0.1, 0.15) is 10.7 Å². The fraction of sp³-hybridized carbons (Fsp3) is 0.200. The molecule has 0 aliphatic heterocycles. The van der Waals surface area contributed by atoms with Crippen molar-refractivity contribution in [3.63, 3.8) is 0 Å². The van der Waals surface area contributed by atoms with Gasteiger partial charge in [-0.3, -0.25) is 9.89 Å². The van der Waals surface area contributed by atoms with E-state index in [9.17, 15) is 4.79 Å². The van der Waals surface area contributed by atoms with Crippen LogP contribution >= 0.6 is 22.9 Å². The molecule has 0 aromatic carbocycles. The van der Waals surface area contributed by atoms with Crippen LogP contribution in [0, 0.1) is 13.8 Å². The standard InChI is InChI=1S/C10H10ClN3OS/c1-5-3-12-14-9(5)13-10(15)8-7(11)6(2)4-16-8/h3-4H,1-2H3,(H2,12,13,14,15). The maximum atomic E-state index is 11.9. The maximum Gasteiger partial charge on any atom is 0.268 e. The SMILES string of the molecule is Cc1cn[nH]c1NC(=O)c1scc(C)c1Cl. The van der Waals surface area contributed by atoms with E-state index in [2.05, 4.69) is 15.5 Å². The summed E-state index contributed by atoms with van der Waals surface area (Å²) in [5.41, 5.74) is 1.80. The van der Waals surface area contributed by atoms with Crippen molar-refractivity contribution < 1.29 is 4.79 Å². The number of hydrogen-bond acceptors (Lipinski definition) is 3. The number of rotatable bonds is 2. The zero-order valence-corrected chi connectivity index (χ0v) is 10.4. The highest BCUT2D eigenvalue weighted by Gasteiger charge is 2.15. The summed E-state index contributed by atoms with van der Waals surface area (Å²) >= 11 is 7.34. The Kier molecular flexibility index (Phi) is 2.98. The number of aromatic amines is 1. The molecule has 0 saturated heterocycles. The molecule has 2 rings (SSSR count). The van der Waals surface area contributed by atoms with Crippen LogP contribution in [0.1, 0.15) is 20.8 Å². The van der Waals surface area contributed by atoms with Crippen molar-refractivity contribution in [3.8, 4) is 0 Å². The van der Waals surface area contributed by atoms with Gasteiger partial charge in [0.2, 0.25) is 0 Å². The molecular formula is C10H10ClN3OS. The molecule has 2 heterocycles. The number of carbonyl (C=O) groups is 1. The summed E-state index contributed by atoms with van der Waals surface area (Å²) in [5, 5.41) is 11.6. The minimum atomic E-state index is -0.213. The smallest absolute Gasteiger partial charge is 0.268 e. The van der Waals surface area contributed by atoms with Crippen molar-refractivity contribution in [1.82, 2.24) is 10.2 Å². The molecule has 0 aliphatic carbocycles. The van der Waals surface area contributed by atoms with Crippen molar-refractivity contribution >= 4 is 34.7 Å². The Morgan fingerprint density at radius 1 is 1.50 bits per heavy atom. The lowest BCUT2D eigenvalue weighted by Gasteiger charge is -2.02. The molecule has 0 atom stereocenters. The number of hydrogen-bond donors (Lipinski definition) is 2. The predicted molar refractivity (Wildman–Crippen MR) is 65.3 cm³/mol. The van der Waals surface area contributed by atoms with Crippen LogP contribution in [0.3, 0.4) is 0 Å². The Hall–Kier alpha value is -1.33. The molecule has 2 aromatic rings. The Labute approximate surface area is 102 Å². The highest BCUT2D eigenvalue weighted by molar-refractivity contribution is 7.13. The van der Waals surface area contributed by atoms with Crippen LogP contribution in [0.2, 0.25) is 5.02 Å². The Balaban J connectivity index is 2.21. The van der Waals surface area contributed by atoms with Gasteiger partial charge in [0.05, 0.1) is 11.2 Å². The predicted octanol–water partition coefficient (Wildman–Crippen LogP) is 2.99. The van der Waals surface area contributed by atoms with Crippen LogP contribution < -0.4 is 5.32 Å². The Morgan fingerprint density at radius 2 is 2.25 bits per heavy atom. The number of thiophene rings is 1. The van der Waals surface area contributed by atoms with E-state index in [0.717, 1.165) is 11.1 Å². The minimum absolute atomic E-state index is 0.213. The van der Waals surface area contributed by atoms with E-state index in [-0.39, 0.29) is 5.91 Å². The first kappa shape index (κ1) is 11.2. The normalized spacial score (nSPS) is 10.4. The molecule has 16 heavy (non-hydrogen) atoms. The van der Waals surface area contributed by atoms with E-state index in [4.69, 9.17) is 11.6 Å². The molecule has 84 valence electrons. The van der Waals surface area contributed by atoms with Gasteiger partial charge in [-0.1, -0.05) is 11.6 Å². The van der Waals surface area contributed by atoms with Crippen LogP contribution in [0.15, 0.2) is 11.6 Å². The second-order valence-corrected chi connectivity index (χ2v) is 4.70. The largest absolute Gasteiger partial charge is 0.306 e. The van der Waals surface area contributed by atoms with Crippen LogP contribution in [0.5, 0.6) is 0 Å². The fourth-order valence-corrected chi connectivity index (χ4v) is 2.40. The van der Waals surface area contributed by atoms with Crippen LogP contribution in [0.4, 0.5) is 5.82 Å². The molecule has 6 heteroatoms. The molecule has 2 N–H and O–H groups in total. The summed E-state index contributed by atoms with van der Waals surface area (Å²) in [4.78, 5) is 12.4. The second-order valence-electron chi connectivity index (χ2n) is 3.44. The minimum Gasteiger partial charge on any atom is -0.306 e. The van der Waals surface area contributed by atoms with Gasteiger partial charge in [0.15, 0.2) is 0 Å². The second kappa shape index (κ2) is 4.27. The number of nitrogens with one attached hydrogen (secondary N) is 2. The van der Waals surface area contributed by atoms with E-state index in [0.29, 0.717) is 15.7 Å². The van der Waals surface area contributed by atoms with Gasteiger partial charge in [-0.2, -0.15) is 5.10 Å². The number of aromatic nitrogens is 2. The molecular weight excluding hydrogens is 246 g/mol. The lowest BCUT2D eigenvalue weighted by atomic mass is 10.3. The van der Waals surface area contributed by atoms with E-state index < -0.39 is 0 Å². The summed E-state index contributed by atoms with van der Waals surface area (Å²) in [6.45, 7) is 3.73. The summed E-state index contributed by atoms with van der Waals surface area (Å²) in [6.07, 6.45) is 1.65. The van der Waals surface area contributed by atoms with Crippen molar-refractivity contribution in [2.24, 2.45) is 0 Å². The van der Waals surface area contributed by atoms with Crippen molar-refractivity contribution in [1.29, 1.82) is 0 Å². The Bertz CT molecular complexity index is 532. The number of halogens is 1. The molecule has 0 unspecified atom stereocenters. The van der Waals surface area contributed by atoms with Gasteiger partial charge in [-0.15, -0.1) is 11.3 Å². The zero-order valence-electron chi connectivity index (χ0n) is 8.80. The third-order valence-electron chi connectivity index (χ3n) is 2.17. The molecule has 0 fully saturated rings. The van der Waals surface area contributed by atoms with Gasteiger partial charge in [0.25, 0.3) is 5.91 Å². The van der Waals surface area contributed by atoms with Crippen molar-refractivity contribution in [2.75, 3.05) is 5.32 Å². The molecule has 4 nitrogen and oxygen atoms in total. The summed E-state index contributed by atoms with van der Waals surface area (Å²) in [6, 6.07) is 0. The maximum absolute atomic E-state index is 11.9. The van der Waals surface area contributed by atoms with Gasteiger partial charge < -0.3 is 5.32 Å². The highest BCUT2D eigenvalue weighted by atomic mass is 35.5. The van der Waals surface area contributed by atoms with Gasteiger partial charge in [0, 0.05) is 5.56 Å².